The summed E-state index contributed by atoms with van der Waals surface area (Å²) in [7, 11) is 0. The molecule has 0 saturated carbocycles. The fourth-order valence-corrected chi connectivity index (χ4v) is 2.23. The Morgan fingerprint density at radius 2 is 1.95 bits per heavy atom. The summed E-state index contributed by atoms with van der Waals surface area (Å²) in [6.07, 6.45) is 0. The zero-order chi connectivity index (χ0) is 14.1. The summed E-state index contributed by atoms with van der Waals surface area (Å²) in [5, 5.41) is 14.3. The Morgan fingerprint density at radius 3 is 2.70 bits per heavy atom. The highest BCUT2D eigenvalue weighted by Gasteiger charge is 2.25. The Labute approximate surface area is 117 Å². The van der Waals surface area contributed by atoms with Crippen molar-refractivity contribution in [2.45, 2.75) is 6.92 Å². The Morgan fingerprint density at radius 1 is 1.15 bits per heavy atom. The van der Waals surface area contributed by atoms with Gasteiger partial charge in [0.2, 0.25) is 0 Å². The number of phenols is 1. The summed E-state index contributed by atoms with van der Waals surface area (Å²) >= 11 is 0. The molecule has 1 aliphatic rings. The van der Waals surface area contributed by atoms with E-state index >= 15 is 0 Å². The van der Waals surface area contributed by atoms with Crippen LogP contribution in [0.3, 0.4) is 0 Å². The van der Waals surface area contributed by atoms with Gasteiger partial charge in [-0.25, -0.2) is 0 Å². The maximum Gasteiger partial charge on any atom is 0.170 e. The molecule has 2 aromatic rings. The van der Waals surface area contributed by atoms with Crippen LogP contribution < -0.4 is 10.3 Å². The summed E-state index contributed by atoms with van der Waals surface area (Å²) in [5.74, 6) is 1.49. The summed E-state index contributed by atoms with van der Waals surface area (Å²) in [6.45, 7) is 6.00. The molecule has 2 N–H and O–H groups in total. The minimum absolute atomic E-state index is 0.195. The molecule has 1 heterocycles. The average molecular weight is 265 g/mol. The second kappa shape index (κ2) is 4.74. The van der Waals surface area contributed by atoms with Gasteiger partial charge in [0.1, 0.15) is 11.6 Å². The Hall–Kier alpha value is -2.75. The van der Waals surface area contributed by atoms with Crippen molar-refractivity contribution in [3.63, 3.8) is 0 Å². The van der Waals surface area contributed by atoms with E-state index in [4.69, 9.17) is 0 Å². The number of benzene rings is 2. The highest BCUT2D eigenvalue weighted by molar-refractivity contribution is 6.14. The van der Waals surface area contributed by atoms with Crippen LogP contribution >= 0.6 is 0 Å². The highest BCUT2D eigenvalue weighted by atomic mass is 16.3. The van der Waals surface area contributed by atoms with Crippen molar-refractivity contribution < 1.29 is 5.11 Å². The number of rotatable bonds is 2. The molecule has 0 amide bonds. The minimum Gasteiger partial charge on any atom is -0.507 e. The third kappa shape index (κ3) is 2.01. The number of anilines is 1. The Bertz CT molecular complexity index is 706. The van der Waals surface area contributed by atoms with E-state index in [-0.39, 0.29) is 5.75 Å². The van der Waals surface area contributed by atoms with Gasteiger partial charge in [0, 0.05) is 5.69 Å². The van der Waals surface area contributed by atoms with Gasteiger partial charge in [-0.3, -0.25) is 10.3 Å². The van der Waals surface area contributed by atoms with Gasteiger partial charge in [0.15, 0.2) is 5.84 Å². The number of nitrogens with one attached hydrogen (secondary N) is 1. The van der Waals surface area contributed by atoms with Crippen molar-refractivity contribution in [3.8, 4) is 5.75 Å². The second-order valence-corrected chi connectivity index (χ2v) is 4.69. The molecule has 0 spiro atoms. The molecule has 0 saturated heterocycles. The van der Waals surface area contributed by atoms with Crippen molar-refractivity contribution in [3.05, 3.63) is 72.1 Å². The fraction of sp³-hybridized carbons (Fsp3) is 0.0625. The molecule has 0 aromatic heterocycles. The summed E-state index contributed by atoms with van der Waals surface area (Å²) in [4.78, 5) is 1.89. The standard InChI is InChI=1S/C16H15N3O/c1-11-6-5-7-13(10-11)19-12(2)17-18-16(19)14-8-3-4-9-15(14)20/h3-10,17,20H,2H2,1H3. The molecule has 4 nitrogen and oxygen atoms in total. The van der Waals surface area contributed by atoms with Gasteiger partial charge >= 0.3 is 0 Å². The molecular weight excluding hydrogens is 250 g/mol. The normalized spacial score (nSPS) is 14.2. The fourth-order valence-electron chi connectivity index (χ4n) is 2.23. The first-order valence-electron chi connectivity index (χ1n) is 6.34. The molecule has 0 bridgehead atoms. The van der Waals surface area contributed by atoms with Gasteiger partial charge in [-0.15, -0.1) is 0 Å². The molecule has 4 heteroatoms. The lowest BCUT2D eigenvalue weighted by atomic mass is 10.1. The molecular formula is C16H15N3O. The highest BCUT2D eigenvalue weighted by Crippen LogP contribution is 2.28. The first-order chi connectivity index (χ1) is 9.66. The quantitative estimate of drug-likeness (QED) is 0.877. The van der Waals surface area contributed by atoms with E-state index in [0.717, 1.165) is 11.3 Å². The van der Waals surface area contributed by atoms with E-state index in [1.807, 2.05) is 48.2 Å². The molecule has 0 aliphatic carbocycles. The zero-order valence-electron chi connectivity index (χ0n) is 11.2. The van der Waals surface area contributed by atoms with Crippen molar-refractivity contribution in [2.75, 3.05) is 4.90 Å². The van der Waals surface area contributed by atoms with Gasteiger partial charge in [0.25, 0.3) is 0 Å². The molecule has 0 unspecified atom stereocenters. The lowest BCUT2D eigenvalue weighted by Gasteiger charge is -2.21. The van der Waals surface area contributed by atoms with Crippen LogP contribution in [0.1, 0.15) is 11.1 Å². The predicted molar refractivity (Wildman–Crippen MR) is 80.6 cm³/mol. The second-order valence-electron chi connectivity index (χ2n) is 4.69. The summed E-state index contributed by atoms with van der Waals surface area (Å²) < 4.78 is 0. The maximum absolute atomic E-state index is 10.0. The molecule has 20 heavy (non-hydrogen) atoms. The first-order valence-corrected chi connectivity index (χ1v) is 6.34. The smallest absolute Gasteiger partial charge is 0.170 e. The van der Waals surface area contributed by atoms with Gasteiger partial charge in [-0.05, 0) is 36.8 Å². The van der Waals surface area contributed by atoms with Crippen LogP contribution in [0.25, 0.3) is 0 Å². The van der Waals surface area contributed by atoms with Crippen LogP contribution in [0.2, 0.25) is 0 Å². The van der Waals surface area contributed by atoms with Gasteiger partial charge in [-0.1, -0.05) is 30.8 Å². The van der Waals surface area contributed by atoms with E-state index in [9.17, 15) is 5.11 Å². The summed E-state index contributed by atoms with van der Waals surface area (Å²) in [6, 6.07) is 15.2. The molecule has 0 fully saturated rings. The Balaban J connectivity index is 2.08. The van der Waals surface area contributed by atoms with E-state index in [1.54, 1.807) is 12.1 Å². The SMILES string of the molecule is C=C1NN=C(c2ccccc2O)N1c1cccc(C)c1. The van der Waals surface area contributed by atoms with Gasteiger partial charge < -0.3 is 5.11 Å². The predicted octanol–water partition coefficient (Wildman–Crippen LogP) is 2.94. The zero-order valence-corrected chi connectivity index (χ0v) is 11.2. The van der Waals surface area contributed by atoms with E-state index in [1.165, 1.54) is 0 Å². The third-order valence-electron chi connectivity index (χ3n) is 3.18. The average Bonchev–Trinajstić information content (AvgIpc) is 2.81. The lowest BCUT2D eigenvalue weighted by Crippen LogP contribution is -2.27. The molecule has 100 valence electrons. The van der Waals surface area contributed by atoms with Crippen LogP contribution in [0, 0.1) is 6.92 Å². The maximum atomic E-state index is 10.0. The van der Waals surface area contributed by atoms with Crippen molar-refractivity contribution in [2.24, 2.45) is 5.10 Å². The largest absolute Gasteiger partial charge is 0.507 e. The summed E-state index contributed by atoms with van der Waals surface area (Å²) in [5.41, 5.74) is 5.65. The van der Waals surface area contributed by atoms with Crippen molar-refractivity contribution in [1.29, 1.82) is 0 Å². The molecule has 3 rings (SSSR count). The van der Waals surface area contributed by atoms with Crippen LogP contribution in [0.5, 0.6) is 5.75 Å². The number of nitrogens with zero attached hydrogens (tertiary/aromatic N) is 2. The van der Waals surface area contributed by atoms with Crippen molar-refractivity contribution in [1.82, 2.24) is 5.43 Å². The number of phenolic OH excluding ortho intramolecular Hbond substituents is 1. The number of aryl methyl sites for hydroxylation is 1. The van der Waals surface area contributed by atoms with Crippen LogP contribution in [0.4, 0.5) is 5.69 Å². The first kappa shape index (κ1) is 12.3. The van der Waals surface area contributed by atoms with Gasteiger partial charge in [0.05, 0.1) is 5.56 Å². The Kier molecular flexibility index (Phi) is 2.91. The number of hydrazone groups is 1. The van der Waals surface area contributed by atoms with E-state index in [2.05, 4.69) is 17.1 Å². The number of hydrogen-bond donors (Lipinski definition) is 2. The molecule has 2 aromatic carbocycles. The molecule has 1 aliphatic heterocycles. The topological polar surface area (TPSA) is 47.9 Å². The van der Waals surface area contributed by atoms with Crippen LogP contribution in [0.15, 0.2) is 66.0 Å². The minimum atomic E-state index is 0.195. The lowest BCUT2D eigenvalue weighted by molar-refractivity contribution is 0.474. The van der Waals surface area contributed by atoms with Crippen molar-refractivity contribution >= 4 is 11.5 Å². The van der Waals surface area contributed by atoms with Crippen LogP contribution in [-0.4, -0.2) is 10.9 Å². The van der Waals surface area contributed by atoms with E-state index in [0.29, 0.717) is 17.2 Å². The van der Waals surface area contributed by atoms with Gasteiger partial charge in [-0.2, -0.15) is 5.10 Å². The third-order valence-corrected chi connectivity index (χ3v) is 3.18. The number of hydrogen-bond acceptors (Lipinski definition) is 4. The van der Waals surface area contributed by atoms with E-state index < -0.39 is 0 Å². The molecule has 0 radical (unpaired) electrons. The number of aromatic hydroxyl groups is 1. The number of amidine groups is 1. The number of para-hydroxylation sites is 1. The van der Waals surface area contributed by atoms with Crippen LogP contribution in [-0.2, 0) is 0 Å². The monoisotopic (exact) mass is 265 g/mol. The molecule has 0 atom stereocenters.